The van der Waals surface area contributed by atoms with Gasteiger partial charge >= 0.3 is 6.18 Å². The Bertz CT molecular complexity index is 953. The van der Waals surface area contributed by atoms with E-state index in [0.717, 1.165) is 17.0 Å². The van der Waals surface area contributed by atoms with Gasteiger partial charge in [0.25, 0.3) is 5.91 Å². The van der Waals surface area contributed by atoms with Crippen molar-refractivity contribution in [3.8, 4) is 0 Å². The van der Waals surface area contributed by atoms with E-state index in [1.54, 1.807) is 24.3 Å². The number of carbonyl (C=O) groups is 1. The molecule has 1 aliphatic rings. The molecule has 0 spiro atoms. The summed E-state index contributed by atoms with van der Waals surface area (Å²) in [6.07, 6.45) is -6.02. The Labute approximate surface area is 173 Å². The smallest absolute Gasteiger partial charge is 0.385 e. The molecule has 1 amide bonds. The van der Waals surface area contributed by atoms with Crippen LogP contribution >= 0.6 is 35.4 Å². The molecule has 148 valence electrons. The van der Waals surface area contributed by atoms with Crippen LogP contribution in [0.3, 0.4) is 0 Å². The third-order valence-corrected chi connectivity index (χ3v) is 5.33. The number of anilines is 1. The van der Waals surface area contributed by atoms with E-state index >= 15 is 0 Å². The first-order chi connectivity index (χ1) is 12.9. The van der Waals surface area contributed by atoms with E-state index < -0.39 is 34.3 Å². The predicted octanol–water partition coefficient (Wildman–Crippen LogP) is 4.73. The third-order valence-electron chi connectivity index (χ3n) is 4.46. The van der Waals surface area contributed by atoms with E-state index in [4.69, 9.17) is 35.4 Å². The number of rotatable bonds is 3. The van der Waals surface area contributed by atoms with Crippen LogP contribution < -0.4 is 10.2 Å². The van der Waals surface area contributed by atoms with Crippen LogP contribution in [0.1, 0.15) is 24.2 Å². The fourth-order valence-corrected chi connectivity index (χ4v) is 3.67. The van der Waals surface area contributed by atoms with Gasteiger partial charge in [0, 0.05) is 5.02 Å². The standard InChI is InChI=1S/C18H13Cl2F3N2O2S/c1-17(14(26)9-2-4-10(19)5-3-9)15(27)25(16(28)24-17)11-6-7-13(20)12(8-11)18(21,22)23/h2-8,14,26H,1H3,(H,24,28)/t14-,17-/m1/s1. The maximum atomic E-state index is 13.2. The molecule has 3 rings (SSSR count). The largest absolute Gasteiger partial charge is 0.417 e. The number of aliphatic hydroxyl groups excluding tert-OH is 1. The number of carbonyl (C=O) groups excluding carboxylic acids is 1. The molecule has 1 fully saturated rings. The van der Waals surface area contributed by atoms with E-state index in [1.165, 1.54) is 13.0 Å². The average molecular weight is 449 g/mol. The highest BCUT2D eigenvalue weighted by atomic mass is 35.5. The molecule has 1 heterocycles. The second-order valence-corrected chi connectivity index (χ2v) is 7.62. The molecule has 10 heteroatoms. The monoisotopic (exact) mass is 448 g/mol. The van der Waals surface area contributed by atoms with Crippen LogP contribution in [0.4, 0.5) is 18.9 Å². The quantitative estimate of drug-likeness (QED) is 0.666. The molecule has 2 N–H and O–H groups in total. The van der Waals surface area contributed by atoms with Crippen molar-refractivity contribution < 1.29 is 23.1 Å². The molecule has 2 aromatic carbocycles. The highest BCUT2D eigenvalue weighted by molar-refractivity contribution is 7.80. The Hall–Kier alpha value is -1.87. The van der Waals surface area contributed by atoms with Crippen molar-refractivity contribution >= 4 is 52.1 Å². The van der Waals surface area contributed by atoms with Gasteiger partial charge < -0.3 is 10.4 Å². The lowest BCUT2D eigenvalue weighted by atomic mass is 9.89. The van der Waals surface area contributed by atoms with Gasteiger partial charge in [-0.15, -0.1) is 0 Å². The zero-order chi connectivity index (χ0) is 20.9. The van der Waals surface area contributed by atoms with Crippen LogP contribution in [-0.4, -0.2) is 21.7 Å². The first kappa shape index (κ1) is 20.9. The number of halogens is 5. The van der Waals surface area contributed by atoms with E-state index in [-0.39, 0.29) is 10.8 Å². The molecule has 28 heavy (non-hydrogen) atoms. The predicted molar refractivity (Wildman–Crippen MR) is 104 cm³/mol. The molecule has 0 saturated carbocycles. The number of nitrogens with one attached hydrogen (secondary N) is 1. The van der Waals surface area contributed by atoms with Crippen molar-refractivity contribution in [1.29, 1.82) is 0 Å². The summed E-state index contributed by atoms with van der Waals surface area (Å²) < 4.78 is 39.5. The Morgan fingerprint density at radius 1 is 1.18 bits per heavy atom. The minimum Gasteiger partial charge on any atom is -0.385 e. The summed E-state index contributed by atoms with van der Waals surface area (Å²) in [5.41, 5.74) is -2.38. The first-order valence-electron chi connectivity index (χ1n) is 7.92. The molecule has 0 aliphatic carbocycles. The van der Waals surface area contributed by atoms with Crippen LogP contribution in [0.2, 0.25) is 10.0 Å². The van der Waals surface area contributed by atoms with Crippen molar-refractivity contribution in [2.45, 2.75) is 24.7 Å². The molecular weight excluding hydrogens is 436 g/mol. The Morgan fingerprint density at radius 2 is 1.79 bits per heavy atom. The van der Waals surface area contributed by atoms with Gasteiger partial charge in [0.15, 0.2) is 5.11 Å². The Balaban J connectivity index is 1.99. The normalized spacial score (nSPS) is 21.0. The molecule has 0 radical (unpaired) electrons. The molecule has 2 atom stereocenters. The number of aliphatic hydroxyl groups is 1. The summed E-state index contributed by atoms with van der Waals surface area (Å²) >= 11 is 16.6. The van der Waals surface area contributed by atoms with Crippen LogP contribution in [0.25, 0.3) is 0 Å². The number of alkyl halides is 3. The van der Waals surface area contributed by atoms with Crippen LogP contribution in [0.5, 0.6) is 0 Å². The van der Waals surface area contributed by atoms with Gasteiger partial charge in [-0.2, -0.15) is 13.2 Å². The van der Waals surface area contributed by atoms with Crippen molar-refractivity contribution in [1.82, 2.24) is 5.32 Å². The maximum Gasteiger partial charge on any atom is 0.417 e. The lowest BCUT2D eigenvalue weighted by Crippen LogP contribution is -2.49. The lowest BCUT2D eigenvalue weighted by molar-refractivity contribution is -0.137. The number of nitrogens with zero attached hydrogens (tertiary/aromatic N) is 1. The summed E-state index contributed by atoms with van der Waals surface area (Å²) in [6, 6.07) is 9.23. The van der Waals surface area contributed by atoms with E-state index in [2.05, 4.69) is 5.32 Å². The van der Waals surface area contributed by atoms with E-state index in [1.807, 2.05) is 0 Å². The molecule has 1 saturated heterocycles. The van der Waals surface area contributed by atoms with E-state index in [0.29, 0.717) is 10.6 Å². The minimum atomic E-state index is -4.70. The van der Waals surface area contributed by atoms with Crippen molar-refractivity contribution in [3.63, 3.8) is 0 Å². The average Bonchev–Trinajstić information content (AvgIpc) is 2.85. The molecule has 0 unspecified atom stereocenters. The van der Waals surface area contributed by atoms with E-state index in [9.17, 15) is 23.1 Å². The van der Waals surface area contributed by atoms with Crippen LogP contribution in [0.15, 0.2) is 42.5 Å². The number of hydrogen-bond donors (Lipinski definition) is 2. The minimum absolute atomic E-state index is 0.105. The third kappa shape index (κ3) is 3.57. The Morgan fingerprint density at radius 3 is 2.36 bits per heavy atom. The summed E-state index contributed by atoms with van der Waals surface area (Å²) in [7, 11) is 0. The number of hydrogen-bond acceptors (Lipinski definition) is 3. The zero-order valence-corrected chi connectivity index (χ0v) is 16.5. The molecule has 2 aromatic rings. The lowest BCUT2D eigenvalue weighted by Gasteiger charge is -2.28. The summed E-state index contributed by atoms with van der Waals surface area (Å²) in [6.45, 7) is 1.42. The number of amides is 1. The van der Waals surface area contributed by atoms with Gasteiger partial charge in [0.1, 0.15) is 11.6 Å². The van der Waals surface area contributed by atoms with Gasteiger partial charge in [-0.3, -0.25) is 9.69 Å². The summed E-state index contributed by atoms with van der Waals surface area (Å²) in [4.78, 5) is 14.0. The summed E-state index contributed by atoms with van der Waals surface area (Å²) in [5, 5.41) is 13.3. The summed E-state index contributed by atoms with van der Waals surface area (Å²) in [5.74, 6) is -0.699. The highest BCUT2D eigenvalue weighted by Crippen LogP contribution is 2.39. The molecule has 0 aromatic heterocycles. The topological polar surface area (TPSA) is 52.6 Å². The van der Waals surface area contributed by atoms with Gasteiger partial charge in [-0.1, -0.05) is 35.3 Å². The number of thiocarbonyl (C=S) groups is 1. The van der Waals surface area contributed by atoms with Gasteiger partial charge in [0.05, 0.1) is 16.3 Å². The molecule has 0 bridgehead atoms. The van der Waals surface area contributed by atoms with Crippen LogP contribution in [-0.2, 0) is 11.0 Å². The SMILES string of the molecule is C[C@]1([C@H](O)c2ccc(Cl)cc2)NC(=S)N(c2ccc(Cl)c(C(F)(F)F)c2)C1=O. The van der Waals surface area contributed by atoms with Crippen molar-refractivity contribution in [2.75, 3.05) is 4.90 Å². The molecular formula is C18H13Cl2F3N2O2S. The van der Waals surface area contributed by atoms with Gasteiger partial charge in [-0.25, -0.2) is 0 Å². The second kappa shape index (κ2) is 7.18. The van der Waals surface area contributed by atoms with Gasteiger partial charge in [-0.05, 0) is 55.0 Å². The second-order valence-electron chi connectivity index (χ2n) is 6.39. The Kier molecular flexibility index (Phi) is 5.35. The maximum absolute atomic E-state index is 13.2. The van der Waals surface area contributed by atoms with Crippen molar-refractivity contribution in [2.24, 2.45) is 0 Å². The zero-order valence-electron chi connectivity index (χ0n) is 14.2. The fraction of sp³-hybridized carbons (Fsp3) is 0.222. The van der Waals surface area contributed by atoms with Gasteiger partial charge in [0.2, 0.25) is 0 Å². The first-order valence-corrected chi connectivity index (χ1v) is 9.08. The molecule has 4 nitrogen and oxygen atoms in total. The number of benzene rings is 2. The molecule has 1 aliphatic heterocycles. The van der Waals surface area contributed by atoms with Crippen LogP contribution in [0, 0.1) is 0 Å². The fourth-order valence-electron chi connectivity index (χ4n) is 2.92. The highest BCUT2D eigenvalue weighted by Gasteiger charge is 2.52. The van der Waals surface area contributed by atoms with Crippen molar-refractivity contribution in [3.05, 3.63) is 63.6 Å².